The molecule has 3 aromatic heterocycles. The van der Waals surface area contributed by atoms with Crippen LogP contribution in [-0.2, 0) is 4.79 Å². The van der Waals surface area contributed by atoms with E-state index in [0.29, 0.717) is 40.9 Å². The first-order valence-corrected chi connectivity index (χ1v) is 9.95. The number of aryl methyl sites for hydroxylation is 1. The van der Waals surface area contributed by atoms with E-state index in [-0.39, 0.29) is 6.54 Å². The molecular weight excluding hydrogens is 396 g/mol. The second kappa shape index (κ2) is 8.78. The van der Waals surface area contributed by atoms with Crippen LogP contribution in [0, 0.1) is 6.92 Å². The molecule has 4 heterocycles. The first kappa shape index (κ1) is 20.3. The predicted molar refractivity (Wildman–Crippen MR) is 117 cm³/mol. The topological polar surface area (TPSA) is 126 Å². The highest BCUT2D eigenvalue weighted by atomic mass is 16.1. The summed E-state index contributed by atoms with van der Waals surface area (Å²) in [5.74, 6) is 1.82. The van der Waals surface area contributed by atoms with Gasteiger partial charge in [0.1, 0.15) is 22.9 Å². The molecule has 0 radical (unpaired) electrons. The van der Waals surface area contributed by atoms with Gasteiger partial charge in [-0.05, 0) is 32.9 Å². The lowest BCUT2D eigenvalue weighted by atomic mass is 10.2. The maximum atomic E-state index is 10.9. The van der Waals surface area contributed by atoms with Gasteiger partial charge in [0.2, 0.25) is 18.1 Å². The normalized spacial score (nSPS) is 13.8. The minimum absolute atomic E-state index is 0.204. The molecule has 0 spiro atoms. The third-order valence-electron chi connectivity index (χ3n) is 4.85. The molecule has 1 aliphatic rings. The smallest absolute Gasteiger partial charge is 0.207 e. The Balaban J connectivity index is 1.76. The molecule has 0 unspecified atom stereocenters. The fourth-order valence-electron chi connectivity index (χ4n) is 3.27. The summed E-state index contributed by atoms with van der Waals surface area (Å²) in [7, 11) is 0. The maximum absolute atomic E-state index is 10.9. The molecule has 1 N–H and O–H groups in total. The molecule has 1 amide bonds. The Hall–Kier alpha value is -4.02. The van der Waals surface area contributed by atoms with Crippen LogP contribution in [0.3, 0.4) is 0 Å². The van der Waals surface area contributed by atoms with Gasteiger partial charge in [0.25, 0.3) is 0 Å². The highest BCUT2D eigenvalue weighted by Crippen LogP contribution is 2.25. The summed E-state index contributed by atoms with van der Waals surface area (Å²) >= 11 is 0. The van der Waals surface area contributed by atoms with Gasteiger partial charge >= 0.3 is 0 Å². The highest BCUT2D eigenvalue weighted by Gasteiger charge is 2.29. The summed E-state index contributed by atoms with van der Waals surface area (Å²) in [4.78, 5) is 30.9. The zero-order chi connectivity index (χ0) is 21.8. The molecule has 0 aromatic carbocycles. The highest BCUT2D eigenvalue weighted by molar-refractivity contribution is 6.50. The molecule has 158 valence electrons. The Kier molecular flexibility index (Phi) is 5.74. The standard InChI is InChI=1S/C20H22N10O/c1-4-29(5-2)17-7-6-14(13(3)24-17)25-18-15(10-22-12-31)28-30-19(26-27-20(18)30)16-11-21-8-9-23-16/h6-9,11-12H,4-5,10H2,1-3H3,(H,22,31)/b25-18-. The van der Waals surface area contributed by atoms with Crippen molar-refractivity contribution in [2.24, 2.45) is 10.1 Å². The predicted octanol–water partition coefficient (Wildman–Crippen LogP) is 1.37. The average Bonchev–Trinajstić information content (AvgIpc) is 3.35. The monoisotopic (exact) mass is 418 g/mol. The number of nitrogens with one attached hydrogen (secondary N) is 1. The largest absolute Gasteiger partial charge is 0.357 e. The molecule has 3 aromatic rings. The van der Waals surface area contributed by atoms with E-state index in [4.69, 9.17) is 9.98 Å². The Labute approximate surface area is 179 Å². The van der Waals surface area contributed by atoms with Gasteiger partial charge in [0.15, 0.2) is 0 Å². The molecule has 0 saturated heterocycles. The van der Waals surface area contributed by atoms with Crippen molar-refractivity contribution >= 4 is 29.3 Å². The van der Waals surface area contributed by atoms with Crippen LogP contribution in [0.25, 0.3) is 11.5 Å². The second-order valence-corrected chi connectivity index (χ2v) is 6.70. The van der Waals surface area contributed by atoms with Crippen LogP contribution in [-0.4, -0.2) is 67.3 Å². The molecule has 11 heteroatoms. The first-order chi connectivity index (χ1) is 15.2. The van der Waals surface area contributed by atoms with Crippen LogP contribution >= 0.6 is 0 Å². The first-order valence-electron chi connectivity index (χ1n) is 9.95. The number of nitrogens with zero attached hydrogens (tertiary/aromatic N) is 9. The van der Waals surface area contributed by atoms with E-state index in [9.17, 15) is 4.79 Å². The summed E-state index contributed by atoms with van der Waals surface area (Å²) in [5, 5.41) is 15.7. The molecule has 0 bridgehead atoms. The number of pyridine rings is 1. The molecule has 0 atom stereocenters. The van der Waals surface area contributed by atoms with E-state index >= 15 is 0 Å². The lowest BCUT2D eigenvalue weighted by Crippen LogP contribution is -2.26. The third kappa shape index (κ3) is 3.89. The van der Waals surface area contributed by atoms with Crippen molar-refractivity contribution in [2.75, 3.05) is 24.5 Å². The lowest BCUT2D eigenvalue weighted by Gasteiger charge is -2.20. The fourth-order valence-corrected chi connectivity index (χ4v) is 3.27. The van der Waals surface area contributed by atoms with Crippen LogP contribution < -0.4 is 10.2 Å². The zero-order valence-electron chi connectivity index (χ0n) is 17.5. The van der Waals surface area contributed by atoms with E-state index in [0.717, 1.165) is 24.6 Å². The van der Waals surface area contributed by atoms with E-state index in [1.165, 1.54) is 0 Å². The fraction of sp³-hybridized carbons (Fsp3) is 0.300. The SMILES string of the molecule is CCN(CC)c1ccc(/N=C2/C(CNC=O)=Nn3c2nnc3-c2cnccn2)c(C)n1. The molecule has 11 nitrogen and oxygen atoms in total. The van der Waals surface area contributed by atoms with Crippen molar-refractivity contribution in [1.82, 2.24) is 35.1 Å². The molecule has 0 aliphatic carbocycles. The maximum Gasteiger partial charge on any atom is 0.207 e. The number of carbonyl (C=O) groups excluding carboxylic acids is 1. The summed E-state index contributed by atoms with van der Waals surface area (Å²) < 4.78 is 1.57. The minimum atomic E-state index is 0.204. The van der Waals surface area contributed by atoms with Gasteiger partial charge in [-0.25, -0.2) is 15.0 Å². The van der Waals surface area contributed by atoms with Crippen molar-refractivity contribution in [3.05, 3.63) is 42.2 Å². The lowest BCUT2D eigenvalue weighted by molar-refractivity contribution is -0.109. The minimum Gasteiger partial charge on any atom is -0.357 e. The van der Waals surface area contributed by atoms with Crippen LogP contribution in [0.5, 0.6) is 0 Å². The number of rotatable bonds is 8. The van der Waals surface area contributed by atoms with Crippen LogP contribution in [0.15, 0.2) is 40.8 Å². The number of amides is 1. The van der Waals surface area contributed by atoms with Crippen molar-refractivity contribution in [2.45, 2.75) is 20.8 Å². The number of anilines is 1. The summed E-state index contributed by atoms with van der Waals surface area (Å²) in [6.45, 7) is 8.06. The number of hydrogen-bond donors (Lipinski definition) is 1. The van der Waals surface area contributed by atoms with E-state index in [1.54, 1.807) is 23.3 Å². The van der Waals surface area contributed by atoms with Gasteiger partial charge in [-0.15, -0.1) is 10.2 Å². The molecule has 0 fully saturated rings. The summed E-state index contributed by atoms with van der Waals surface area (Å²) in [5.41, 5.74) is 3.11. The van der Waals surface area contributed by atoms with Gasteiger partial charge < -0.3 is 10.2 Å². The van der Waals surface area contributed by atoms with Gasteiger partial charge in [0.05, 0.1) is 24.1 Å². The Bertz CT molecular complexity index is 1150. The number of aliphatic imine (C=N–C) groups is 1. The van der Waals surface area contributed by atoms with Gasteiger partial charge in [-0.2, -0.15) is 9.78 Å². The molecule has 31 heavy (non-hydrogen) atoms. The van der Waals surface area contributed by atoms with Gasteiger partial charge in [-0.3, -0.25) is 9.78 Å². The van der Waals surface area contributed by atoms with Crippen molar-refractivity contribution < 1.29 is 4.79 Å². The average molecular weight is 418 g/mol. The number of aromatic nitrogens is 6. The van der Waals surface area contributed by atoms with Crippen molar-refractivity contribution in [1.29, 1.82) is 0 Å². The third-order valence-corrected chi connectivity index (χ3v) is 4.85. The number of hydrogen-bond acceptors (Lipinski definition) is 9. The van der Waals surface area contributed by atoms with Crippen molar-refractivity contribution in [3.63, 3.8) is 0 Å². The Morgan fingerprint density at radius 3 is 2.65 bits per heavy atom. The second-order valence-electron chi connectivity index (χ2n) is 6.70. The van der Waals surface area contributed by atoms with Gasteiger partial charge in [-0.1, -0.05) is 0 Å². The Morgan fingerprint density at radius 1 is 1.16 bits per heavy atom. The van der Waals surface area contributed by atoms with E-state index in [2.05, 4.69) is 49.3 Å². The van der Waals surface area contributed by atoms with Crippen LogP contribution in [0.1, 0.15) is 25.4 Å². The number of fused-ring (bicyclic) bond motifs is 1. The molecular formula is C20H22N10O. The van der Waals surface area contributed by atoms with Gasteiger partial charge in [0, 0.05) is 25.5 Å². The van der Waals surface area contributed by atoms with Crippen LogP contribution in [0.4, 0.5) is 11.5 Å². The quantitative estimate of drug-likeness (QED) is 0.547. The number of carbonyl (C=O) groups is 1. The molecule has 1 aliphatic heterocycles. The van der Waals surface area contributed by atoms with Crippen LogP contribution in [0.2, 0.25) is 0 Å². The van der Waals surface area contributed by atoms with E-state index in [1.807, 2.05) is 19.1 Å². The van der Waals surface area contributed by atoms with E-state index < -0.39 is 0 Å². The Morgan fingerprint density at radius 2 is 1.97 bits per heavy atom. The zero-order valence-corrected chi connectivity index (χ0v) is 17.5. The summed E-state index contributed by atoms with van der Waals surface area (Å²) in [6, 6.07) is 3.88. The van der Waals surface area contributed by atoms with Crippen molar-refractivity contribution in [3.8, 4) is 11.5 Å². The molecule has 0 saturated carbocycles. The molecule has 4 rings (SSSR count). The summed E-state index contributed by atoms with van der Waals surface area (Å²) in [6.07, 6.45) is 5.37.